The SMILES string of the molecule is CCc1cc(Br)cc(CC)c1NC(=O)C1CCN(S(=O)(=O)c2cc(C)ccc2OC)CC1. The summed E-state index contributed by atoms with van der Waals surface area (Å²) in [7, 11) is -2.22. The molecule has 8 heteroatoms. The number of nitrogens with one attached hydrogen (secondary N) is 1. The predicted octanol–water partition coefficient (Wildman–Crippen LogP) is 4.93. The summed E-state index contributed by atoms with van der Waals surface area (Å²) in [4.78, 5) is 13.2. The molecule has 174 valence electrons. The number of nitrogens with zero attached hydrogens (tertiary/aromatic N) is 1. The number of hydrogen-bond acceptors (Lipinski definition) is 4. The van der Waals surface area contributed by atoms with Crippen molar-refractivity contribution in [3.8, 4) is 5.75 Å². The first-order chi connectivity index (χ1) is 15.2. The number of benzene rings is 2. The molecule has 1 heterocycles. The zero-order valence-electron chi connectivity index (χ0n) is 19.1. The fourth-order valence-electron chi connectivity index (χ4n) is 4.15. The Balaban J connectivity index is 1.73. The lowest BCUT2D eigenvalue weighted by molar-refractivity contribution is -0.120. The maximum Gasteiger partial charge on any atom is 0.246 e. The third kappa shape index (κ3) is 5.18. The summed E-state index contributed by atoms with van der Waals surface area (Å²) in [6.07, 6.45) is 2.60. The second-order valence-electron chi connectivity index (χ2n) is 8.13. The summed E-state index contributed by atoms with van der Waals surface area (Å²) < 4.78 is 34.2. The lowest BCUT2D eigenvalue weighted by atomic mass is 9.96. The zero-order valence-corrected chi connectivity index (χ0v) is 21.5. The molecule has 0 spiro atoms. The van der Waals surface area contributed by atoms with E-state index < -0.39 is 10.0 Å². The normalized spacial score (nSPS) is 15.5. The average molecular weight is 523 g/mol. The van der Waals surface area contributed by atoms with Gasteiger partial charge >= 0.3 is 0 Å². The Hall–Kier alpha value is -1.90. The highest BCUT2D eigenvalue weighted by Gasteiger charge is 2.34. The quantitative estimate of drug-likeness (QED) is 0.559. The van der Waals surface area contributed by atoms with E-state index in [1.807, 2.05) is 25.1 Å². The molecular weight excluding hydrogens is 492 g/mol. The van der Waals surface area contributed by atoms with Gasteiger partial charge in [-0.1, -0.05) is 35.8 Å². The largest absolute Gasteiger partial charge is 0.495 e. The maximum atomic E-state index is 13.2. The fourth-order valence-corrected chi connectivity index (χ4v) is 6.41. The van der Waals surface area contributed by atoms with Gasteiger partial charge < -0.3 is 10.1 Å². The minimum Gasteiger partial charge on any atom is -0.495 e. The summed E-state index contributed by atoms with van der Waals surface area (Å²) in [6.45, 7) is 6.60. The van der Waals surface area contributed by atoms with Crippen LogP contribution < -0.4 is 10.1 Å². The maximum absolute atomic E-state index is 13.2. The van der Waals surface area contributed by atoms with Crippen LogP contribution in [0.3, 0.4) is 0 Å². The highest BCUT2D eigenvalue weighted by Crippen LogP contribution is 2.32. The van der Waals surface area contributed by atoms with Crippen molar-refractivity contribution in [3.05, 3.63) is 51.5 Å². The molecule has 32 heavy (non-hydrogen) atoms. The average Bonchev–Trinajstić information content (AvgIpc) is 2.79. The summed E-state index contributed by atoms with van der Waals surface area (Å²) in [5, 5.41) is 3.14. The Bertz CT molecular complexity index is 1070. The van der Waals surface area contributed by atoms with Crippen molar-refractivity contribution in [2.24, 2.45) is 5.92 Å². The minimum absolute atomic E-state index is 0.0399. The summed E-state index contributed by atoms with van der Waals surface area (Å²) in [6, 6.07) is 9.22. The van der Waals surface area contributed by atoms with Crippen molar-refractivity contribution < 1.29 is 17.9 Å². The van der Waals surface area contributed by atoms with Gasteiger partial charge in [0.25, 0.3) is 0 Å². The standard InChI is InChI=1S/C24H31BrN2O4S/c1-5-17-14-20(25)15-18(6-2)23(17)26-24(28)19-9-11-27(12-10-19)32(29,30)22-13-16(3)7-8-21(22)31-4/h7-8,13-15,19H,5-6,9-12H2,1-4H3,(H,26,28). The lowest BCUT2D eigenvalue weighted by Gasteiger charge is -2.31. The molecule has 0 atom stereocenters. The van der Waals surface area contributed by atoms with E-state index in [-0.39, 0.29) is 16.7 Å². The van der Waals surface area contributed by atoms with E-state index >= 15 is 0 Å². The zero-order chi connectivity index (χ0) is 23.5. The number of piperidine rings is 1. The van der Waals surface area contributed by atoms with Gasteiger partial charge in [0.05, 0.1) is 7.11 Å². The van der Waals surface area contributed by atoms with Gasteiger partial charge in [0, 0.05) is 29.2 Å². The number of aryl methyl sites for hydroxylation is 3. The number of halogens is 1. The number of amides is 1. The van der Waals surface area contributed by atoms with Crippen LogP contribution >= 0.6 is 15.9 Å². The monoisotopic (exact) mass is 522 g/mol. The molecule has 6 nitrogen and oxygen atoms in total. The molecule has 1 aliphatic heterocycles. The van der Waals surface area contributed by atoms with Crippen LogP contribution in [0.1, 0.15) is 43.4 Å². The van der Waals surface area contributed by atoms with Crippen molar-refractivity contribution in [3.63, 3.8) is 0 Å². The van der Waals surface area contributed by atoms with Gasteiger partial charge in [-0.15, -0.1) is 0 Å². The Morgan fingerprint density at radius 2 is 1.72 bits per heavy atom. The molecule has 3 rings (SSSR count). The number of carbonyl (C=O) groups excluding carboxylic acids is 1. The van der Waals surface area contributed by atoms with Crippen molar-refractivity contribution in [2.45, 2.75) is 51.3 Å². The van der Waals surface area contributed by atoms with Gasteiger partial charge in [0.1, 0.15) is 10.6 Å². The van der Waals surface area contributed by atoms with Crippen molar-refractivity contribution in [1.29, 1.82) is 0 Å². The van der Waals surface area contributed by atoms with E-state index in [0.29, 0.717) is 31.7 Å². The molecule has 0 radical (unpaired) electrons. The third-order valence-electron chi connectivity index (χ3n) is 6.04. The molecular formula is C24H31BrN2O4S. The van der Waals surface area contributed by atoms with Crippen LogP contribution in [0.25, 0.3) is 0 Å². The Morgan fingerprint density at radius 3 is 2.25 bits per heavy atom. The summed E-state index contributed by atoms with van der Waals surface area (Å²) in [5.74, 6) is 0.0747. The number of hydrogen-bond donors (Lipinski definition) is 1. The molecule has 0 unspecified atom stereocenters. The van der Waals surface area contributed by atoms with Gasteiger partial charge in [-0.2, -0.15) is 4.31 Å². The number of sulfonamides is 1. The minimum atomic E-state index is -3.69. The van der Waals surface area contributed by atoms with Crippen molar-refractivity contribution in [1.82, 2.24) is 4.31 Å². The first kappa shape index (κ1) is 24.7. The van der Waals surface area contributed by atoms with Crippen molar-refractivity contribution >= 4 is 37.5 Å². The lowest BCUT2D eigenvalue weighted by Crippen LogP contribution is -2.41. The summed E-state index contributed by atoms with van der Waals surface area (Å²) in [5.41, 5.74) is 3.93. The topological polar surface area (TPSA) is 75.7 Å². The molecule has 2 aromatic carbocycles. The van der Waals surface area contributed by atoms with E-state index in [2.05, 4.69) is 35.1 Å². The third-order valence-corrected chi connectivity index (χ3v) is 8.42. The van der Waals surface area contributed by atoms with Gasteiger partial charge in [-0.05, 0) is 73.6 Å². The van der Waals surface area contributed by atoms with Crippen LogP contribution in [0.2, 0.25) is 0 Å². The Morgan fingerprint density at radius 1 is 1.12 bits per heavy atom. The van der Waals surface area contributed by atoms with E-state index in [4.69, 9.17) is 4.74 Å². The number of anilines is 1. The molecule has 1 fully saturated rings. The first-order valence-electron chi connectivity index (χ1n) is 11.0. The van der Waals surface area contributed by atoms with Crippen LogP contribution in [0.4, 0.5) is 5.69 Å². The number of rotatable bonds is 7. The summed E-state index contributed by atoms with van der Waals surface area (Å²) >= 11 is 3.55. The van der Waals surface area contributed by atoms with Crippen LogP contribution in [0.15, 0.2) is 39.7 Å². The molecule has 1 amide bonds. The molecule has 0 saturated carbocycles. The second kappa shape index (κ2) is 10.4. The fraction of sp³-hybridized carbons (Fsp3) is 0.458. The van der Waals surface area contributed by atoms with Gasteiger partial charge in [-0.3, -0.25) is 4.79 Å². The van der Waals surface area contributed by atoms with Gasteiger partial charge in [0.2, 0.25) is 15.9 Å². The van der Waals surface area contributed by atoms with Gasteiger partial charge in [-0.25, -0.2) is 8.42 Å². The highest BCUT2D eigenvalue weighted by atomic mass is 79.9. The van der Waals surface area contributed by atoms with E-state index in [1.165, 1.54) is 11.4 Å². The molecule has 0 aliphatic carbocycles. The van der Waals surface area contributed by atoms with Crippen LogP contribution in [0.5, 0.6) is 5.75 Å². The molecule has 0 aromatic heterocycles. The smallest absolute Gasteiger partial charge is 0.246 e. The Kier molecular flexibility index (Phi) is 8.01. The molecule has 1 aliphatic rings. The molecule has 0 bridgehead atoms. The number of carbonyl (C=O) groups is 1. The highest BCUT2D eigenvalue weighted by molar-refractivity contribution is 9.10. The van der Waals surface area contributed by atoms with Crippen LogP contribution in [0, 0.1) is 12.8 Å². The van der Waals surface area contributed by atoms with Gasteiger partial charge in [0.15, 0.2) is 0 Å². The van der Waals surface area contributed by atoms with Crippen molar-refractivity contribution in [2.75, 3.05) is 25.5 Å². The predicted molar refractivity (Wildman–Crippen MR) is 131 cm³/mol. The van der Waals surface area contributed by atoms with E-state index in [1.54, 1.807) is 12.1 Å². The molecule has 2 aromatic rings. The Labute approximate surface area is 199 Å². The van der Waals surface area contributed by atoms with E-state index in [9.17, 15) is 13.2 Å². The number of methoxy groups -OCH3 is 1. The number of ether oxygens (including phenoxy) is 1. The van der Waals surface area contributed by atoms with E-state index in [0.717, 1.165) is 39.7 Å². The first-order valence-corrected chi connectivity index (χ1v) is 13.2. The molecule has 1 saturated heterocycles. The van der Waals surface area contributed by atoms with Crippen LogP contribution in [-0.4, -0.2) is 38.8 Å². The van der Waals surface area contributed by atoms with Crippen LogP contribution in [-0.2, 0) is 27.7 Å². The second-order valence-corrected chi connectivity index (χ2v) is 11.0. The molecule has 1 N–H and O–H groups in total.